The van der Waals surface area contributed by atoms with Gasteiger partial charge >= 0.3 is 5.97 Å². The average Bonchev–Trinajstić information content (AvgIpc) is 1.87. The minimum Gasteiger partial charge on any atom is -0.464 e. The Kier molecular flexibility index (Phi) is 6.00. The number of hydrogen-bond acceptors (Lipinski definition) is 3. The van der Waals surface area contributed by atoms with Gasteiger partial charge in [0.15, 0.2) is 0 Å². The third kappa shape index (κ3) is 6.28. The van der Waals surface area contributed by atoms with Crippen LogP contribution < -0.4 is 0 Å². The van der Waals surface area contributed by atoms with Crippen molar-refractivity contribution in [2.24, 2.45) is 0 Å². The summed E-state index contributed by atoms with van der Waals surface area (Å²) in [6.45, 7) is 5.74. The van der Waals surface area contributed by atoms with Crippen molar-refractivity contribution in [3.8, 4) is 0 Å². The summed E-state index contributed by atoms with van der Waals surface area (Å²) in [6.07, 6.45) is 0. The van der Waals surface area contributed by atoms with Gasteiger partial charge in [0.05, 0.1) is 0 Å². The third-order valence-electron chi connectivity index (χ3n) is 0.982. The Hall–Kier alpha value is 0.160. The molecule has 0 aromatic heterocycles. The predicted octanol–water partition coefficient (Wildman–Crippen LogP) is 1.22. The van der Waals surface area contributed by atoms with E-state index in [1.807, 2.05) is 0 Å². The van der Waals surface area contributed by atoms with E-state index in [0.29, 0.717) is 6.61 Å². The van der Waals surface area contributed by atoms with Crippen molar-refractivity contribution >= 4 is 28.8 Å². The second-order valence-corrected chi connectivity index (χ2v) is 3.21. The summed E-state index contributed by atoms with van der Waals surface area (Å²) in [5, 5.41) is 0. The van der Waals surface area contributed by atoms with Gasteiger partial charge in [0.2, 0.25) is 0 Å². The highest BCUT2D eigenvalue weighted by Gasteiger charge is 1.96. The number of carbonyl (C=O) groups is 1. The molecule has 0 bridgehead atoms. The molecule has 0 saturated heterocycles. The maximum absolute atomic E-state index is 10.3. The smallest absolute Gasteiger partial charge is 0.302 e. The molecular formula is C6H12INO2. The van der Waals surface area contributed by atoms with Crippen LogP contribution in [0.15, 0.2) is 0 Å². The van der Waals surface area contributed by atoms with Gasteiger partial charge in [-0.2, -0.15) is 0 Å². The zero-order valence-corrected chi connectivity index (χ0v) is 8.42. The van der Waals surface area contributed by atoms with Crippen LogP contribution in [-0.2, 0) is 9.53 Å². The lowest BCUT2D eigenvalue weighted by Crippen LogP contribution is -2.17. The summed E-state index contributed by atoms with van der Waals surface area (Å²) in [4.78, 5) is 10.3. The molecule has 0 fully saturated rings. The van der Waals surface area contributed by atoms with Crippen molar-refractivity contribution in [3.05, 3.63) is 0 Å². The lowest BCUT2D eigenvalue weighted by molar-refractivity contribution is -0.141. The maximum Gasteiger partial charge on any atom is 0.302 e. The standard InChI is InChI=1S/C6H12INO2/c1-3-8(7)4-5-10-6(2)9/h3-5H2,1-2H3. The molecule has 4 heteroatoms. The fourth-order valence-electron chi connectivity index (χ4n) is 0.447. The largest absolute Gasteiger partial charge is 0.464 e. The molecule has 60 valence electrons. The molecule has 10 heavy (non-hydrogen) atoms. The zero-order valence-electron chi connectivity index (χ0n) is 6.26. The van der Waals surface area contributed by atoms with E-state index >= 15 is 0 Å². The van der Waals surface area contributed by atoms with E-state index in [2.05, 4.69) is 32.9 Å². The number of ether oxygens (including phenoxy) is 1. The second-order valence-electron chi connectivity index (χ2n) is 1.84. The van der Waals surface area contributed by atoms with E-state index in [1.165, 1.54) is 6.92 Å². The Balaban J connectivity index is 3.11. The number of rotatable bonds is 4. The van der Waals surface area contributed by atoms with Crippen molar-refractivity contribution in [3.63, 3.8) is 0 Å². The van der Waals surface area contributed by atoms with Gasteiger partial charge in [-0.05, 0) is 0 Å². The highest BCUT2D eigenvalue weighted by molar-refractivity contribution is 14.1. The lowest BCUT2D eigenvalue weighted by Gasteiger charge is -2.09. The molecule has 0 radical (unpaired) electrons. The van der Waals surface area contributed by atoms with Crippen molar-refractivity contribution in [2.45, 2.75) is 13.8 Å². The van der Waals surface area contributed by atoms with Crippen LogP contribution in [-0.4, -0.2) is 28.8 Å². The molecule has 0 N–H and O–H groups in total. The molecule has 0 aliphatic carbocycles. The zero-order chi connectivity index (χ0) is 7.98. The highest BCUT2D eigenvalue weighted by atomic mass is 127. The molecule has 0 spiro atoms. The Morgan fingerprint density at radius 2 is 2.30 bits per heavy atom. The maximum atomic E-state index is 10.3. The molecule has 0 amide bonds. The van der Waals surface area contributed by atoms with Gasteiger partial charge in [-0.3, -0.25) is 4.79 Å². The first kappa shape index (κ1) is 10.2. The number of halogens is 1. The third-order valence-corrected chi connectivity index (χ3v) is 2.15. The first-order chi connectivity index (χ1) is 4.66. The van der Waals surface area contributed by atoms with Crippen LogP contribution in [0, 0.1) is 0 Å². The average molecular weight is 257 g/mol. The summed E-state index contributed by atoms with van der Waals surface area (Å²) in [7, 11) is 0. The number of likely N-dealkylation sites (N-methyl/N-ethyl adjacent to an activating group) is 1. The van der Waals surface area contributed by atoms with Crippen LogP contribution in [0.4, 0.5) is 0 Å². The van der Waals surface area contributed by atoms with Crippen LogP contribution in [0.3, 0.4) is 0 Å². The van der Waals surface area contributed by atoms with Gasteiger partial charge in [-0.25, -0.2) is 3.11 Å². The number of nitrogens with zero attached hydrogens (tertiary/aromatic N) is 1. The molecule has 3 nitrogen and oxygen atoms in total. The van der Waals surface area contributed by atoms with Gasteiger partial charge in [0.1, 0.15) is 6.61 Å². The number of hydrogen-bond donors (Lipinski definition) is 0. The molecule has 0 heterocycles. The van der Waals surface area contributed by atoms with E-state index in [-0.39, 0.29) is 5.97 Å². The molecule has 0 aromatic carbocycles. The van der Waals surface area contributed by atoms with Crippen LogP contribution in [0.1, 0.15) is 13.8 Å². The van der Waals surface area contributed by atoms with Gasteiger partial charge in [0, 0.05) is 42.9 Å². The summed E-state index contributed by atoms with van der Waals surface area (Å²) in [6, 6.07) is 0. The minimum absolute atomic E-state index is 0.207. The van der Waals surface area contributed by atoms with Gasteiger partial charge in [0.25, 0.3) is 0 Å². The minimum atomic E-state index is -0.207. The van der Waals surface area contributed by atoms with E-state index in [0.717, 1.165) is 13.1 Å². The molecular weight excluding hydrogens is 245 g/mol. The number of carbonyl (C=O) groups excluding carboxylic acids is 1. The highest BCUT2D eigenvalue weighted by Crippen LogP contribution is 1.95. The van der Waals surface area contributed by atoms with Crippen molar-refractivity contribution in [2.75, 3.05) is 19.7 Å². The van der Waals surface area contributed by atoms with Gasteiger partial charge in [-0.15, -0.1) is 0 Å². The van der Waals surface area contributed by atoms with Crippen molar-refractivity contribution in [1.29, 1.82) is 0 Å². The SMILES string of the molecule is CCN(I)CCOC(C)=O. The summed E-state index contributed by atoms with van der Waals surface area (Å²) >= 11 is 2.19. The second kappa shape index (κ2) is 5.91. The summed E-state index contributed by atoms with van der Waals surface area (Å²) in [5.41, 5.74) is 0. The monoisotopic (exact) mass is 257 g/mol. The van der Waals surface area contributed by atoms with Crippen molar-refractivity contribution < 1.29 is 9.53 Å². The first-order valence-electron chi connectivity index (χ1n) is 3.21. The van der Waals surface area contributed by atoms with Gasteiger partial charge < -0.3 is 4.74 Å². The van der Waals surface area contributed by atoms with E-state index in [4.69, 9.17) is 4.74 Å². The van der Waals surface area contributed by atoms with E-state index < -0.39 is 0 Å². The number of esters is 1. The topological polar surface area (TPSA) is 29.5 Å². The molecule has 0 atom stereocenters. The van der Waals surface area contributed by atoms with Crippen LogP contribution in [0.25, 0.3) is 0 Å². The van der Waals surface area contributed by atoms with E-state index in [1.54, 1.807) is 0 Å². The molecule has 0 saturated carbocycles. The summed E-state index contributed by atoms with van der Waals surface area (Å²) < 4.78 is 6.79. The Bertz CT molecular complexity index is 108. The molecule has 0 aliphatic heterocycles. The Morgan fingerprint density at radius 3 is 2.70 bits per heavy atom. The van der Waals surface area contributed by atoms with Gasteiger partial charge in [-0.1, -0.05) is 6.92 Å². The summed E-state index contributed by atoms with van der Waals surface area (Å²) in [5.74, 6) is -0.207. The first-order valence-corrected chi connectivity index (χ1v) is 4.17. The normalized spacial score (nSPS) is 10.0. The molecule has 0 unspecified atom stereocenters. The molecule has 0 rings (SSSR count). The molecule has 0 aromatic rings. The molecule has 0 aliphatic rings. The van der Waals surface area contributed by atoms with Crippen LogP contribution >= 0.6 is 22.9 Å². The fourth-order valence-corrected chi connectivity index (χ4v) is 0.643. The van der Waals surface area contributed by atoms with E-state index in [9.17, 15) is 4.79 Å². The Labute approximate surface area is 75.2 Å². The van der Waals surface area contributed by atoms with Crippen LogP contribution in [0.2, 0.25) is 0 Å². The quantitative estimate of drug-likeness (QED) is 0.431. The lowest BCUT2D eigenvalue weighted by atomic mass is 10.6. The van der Waals surface area contributed by atoms with Crippen LogP contribution in [0.5, 0.6) is 0 Å². The van der Waals surface area contributed by atoms with Crippen molar-refractivity contribution in [1.82, 2.24) is 3.11 Å². The Morgan fingerprint density at radius 1 is 1.70 bits per heavy atom. The predicted molar refractivity (Wildman–Crippen MR) is 47.9 cm³/mol. The fraction of sp³-hybridized carbons (Fsp3) is 0.833.